The molecule has 7 heteroatoms. The predicted octanol–water partition coefficient (Wildman–Crippen LogP) is 1.40. The van der Waals surface area contributed by atoms with Crippen LogP contribution in [0.4, 0.5) is 5.69 Å². The molecular weight excluding hydrogens is 324 g/mol. The van der Waals surface area contributed by atoms with Crippen molar-refractivity contribution < 1.29 is 8.42 Å². The Hall–Kier alpha value is -1.99. The third kappa shape index (κ3) is 2.57. The van der Waals surface area contributed by atoms with Gasteiger partial charge in [-0.05, 0) is 37.2 Å². The van der Waals surface area contributed by atoms with Gasteiger partial charge < -0.3 is 0 Å². The van der Waals surface area contributed by atoms with Crippen molar-refractivity contribution in [2.75, 3.05) is 30.2 Å². The first-order chi connectivity index (χ1) is 11.5. The number of sulfonamides is 1. The van der Waals surface area contributed by atoms with Crippen molar-refractivity contribution in [3.63, 3.8) is 0 Å². The molecule has 2 aromatic heterocycles. The molecular formula is C17H20N4O2S. The zero-order chi connectivity index (χ0) is 16.8. The highest BCUT2D eigenvalue weighted by Gasteiger charge is 2.50. The van der Waals surface area contributed by atoms with E-state index in [0.29, 0.717) is 6.54 Å². The lowest BCUT2D eigenvalue weighted by Gasteiger charge is -2.24. The molecule has 1 saturated heterocycles. The second kappa shape index (κ2) is 5.53. The molecule has 0 aliphatic carbocycles. The van der Waals surface area contributed by atoms with Crippen LogP contribution in [-0.4, -0.2) is 49.2 Å². The Bertz CT molecular complexity index is 856. The molecule has 4 heterocycles. The van der Waals surface area contributed by atoms with Gasteiger partial charge in [0.25, 0.3) is 0 Å². The third-order valence-corrected chi connectivity index (χ3v) is 6.08. The zero-order valence-electron chi connectivity index (χ0n) is 13.6. The maximum absolute atomic E-state index is 12.2. The van der Waals surface area contributed by atoms with E-state index < -0.39 is 10.0 Å². The number of hydrogen-bond donors (Lipinski definition) is 0. The fourth-order valence-electron chi connectivity index (χ4n) is 3.87. The molecule has 126 valence electrons. The van der Waals surface area contributed by atoms with Gasteiger partial charge >= 0.3 is 0 Å². The topological polar surface area (TPSA) is 66.4 Å². The van der Waals surface area contributed by atoms with E-state index >= 15 is 0 Å². The molecule has 0 unspecified atom stereocenters. The summed E-state index contributed by atoms with van der Waals surface area (Å²) in [6.45, 7) is 2.99. The number of rotatable bonds is 3. The van der Waals surface area contributed by atoms with E-state index in [9.17, 15) is 8.42 Å². The van der Waals surface area contributed by atoms with Gasteiger partial charge in [0, 0.05) is 37.4 Å². The minimum Gasteiger partial charge on any atom is -0.296 e. The molecule has 1 spiro atoms. The molecule has 2 aliphatic rings. The maximum atomic E-state index is 12.2. The van der Waals surface area contributed by atoms with Gasteiger partial charge in [0.2, 0.25) is 10.0 Å². The molecule has 0 amide bonds. The Labute approximate surface area is 142 Å². The average molecular weight is 344 g/mol. The second-order valence-corrected chi connectivity index (χ2v) is 8.61. The van der Waals surface area contributed by atoms with Crippen LogP contribution < -0.4 is 4.31 Å². The van der Waals surface area contributed by atoms with Crippen LogP contribution in [0.1, 0.15) is 17.8 Å². The van der Waals surface area contributed by atoms with Crippen LogP contribution in [0.25, 0.3) is 0 Å². The van der Waals surface area contributed by atoms with Crippen molar-refractivity contribution in [2.45, 2.75) is 18.4 Å². The van der Waals surface area contributed by atoms with Crippen LogP contribution in [0.5, 0.6) is 0 Å². The molecule has 0 saturated carbocycles. The smallest absolute Gasteiger partial charge is 0.232 e. The predicted molar refractivity (Wildman–Crippen MR) is 92.2 cm³/mol. The number of pyridine rings is 2. The molecule has 0 radical (unpaired) electrons. The van der Waals surface area contributed by atoms with Gasteiger partial charge in [-0.25, -0.2) is 8.42 Å². The Morgan fingerprint density at radius 2 is 1.96 bits per heavy atom. The van der Waals surface area contributed by atoms with Crippen LogP contribution in [0.15, 0.2) is 42.7 Å². The van der Waals surface area contributed by atoms with Crippen LogP contribution in [0.3, 0.4) is 0 Å². The zero-order valence-corrected chi connectivity index (χ0v) is 14.4. The average Bonchev–Trinajstić information content (AvgIpc) is 3.11. The normalized spacial score (nSPS) is 23.8. The molecule has 2 aromatic rings. The summed E-state index contributed by atoms with van der Waals surface area (Å²) in [4.78, 5) is 11.3. The fraction of sp³-hybridized carbons (Fsp3) is 0.412. The number of fused-ring (bicyclic) bond motifs is 2. The van der Waals surface area contributed by atoms with Gasteiger partial charge in [0.15, 0.2) is 0 Å². The Morgan fingerprint density at radius 3 is 2.71 bits per heavy atom. The van der Waals surface area contributed by atoms with Crippen molar-refractivity contribution in [1.29, 1.82) is 0 Å². The van der Waals surface area contributed by atoms with Crippen LogP contribution in [-0.2, 0) is 22.0 Å². The summed E-state index contributed by atoms with van der Waals surface area (Å²) in [6, 6.07) is 9.59. The van der Waals surface area contributed by atoms with Crippen molar-refractivity contribution in [3.05, 3.63) is 54.1 Å². The SMILES string of the molecule is CS(=O)(=O)N1C[C@@]2(CCN(Cc3ccccn3)C2)c2ncccc21. The summed E-state index contributed by atoms with van der Waals surface area (Å²) in [5.41, 5.74) is 2.47. The van der Waals surface area contributed by atoms with Gasteiger partial charge in [-0.15, -0.1) is 0 Å². The molecule has 1 atom stereocenters. The highest BCUT2D eigenvalue weighted by molar-refractivity contribution is 7.92. The molecule has 2 aliphatic heterocycles. The van der Waals surface area contributed by atoms with Gasteiger partial charge in [0.05, 0.1) is 23.3 Å². The number of likely N-dealkylation sites (tertiary alicyclic amines) is 1. The minimum atomic E-state index is -3.29. The van der Waals surface area contributed by atoms with Gasteiger partial charge in [-0.1, -0.05) is 6.07 Å². The van der Waals surface area contributed by atoms with E-state index in [1.54, 1.807) is 18.5 Å². The first-order valence-electron chi connectivity index (χ1n) is 8.03. The number of hydrogen-bond acceptors (Lipinski definition) is 5. The Morgan fingerprint density at radius 1 is 1.12 bits per heavy atom. The van der Waals surface area contributed by atoms with E-state index in [1.807, 2.05) is 24.3 Å². The number of anilines is 1. The minimum absolute atomic E-state index is 0.214. The van der Waals surface area contributed by atoms with Crippen molar-refractivity contribution >= 4 is 15.7 Å². The summed E-state index contributed by atoms with van der Waals surface area (Å²) < 4.78 is 25.9. The van der Waals surface area contributed by atoms with Gasteiger partial charge in [-0.3, -0.25) is 19.2 Å². The monoisotopic (exact) mass is 344 g/mol. The third-order valence-electron chi connectivity index (χ3n) is 4.95. The van der Waals surface area contributed by atoms with Crippen LogP contribution in [0, 0.1) is 0 Å². The first kappa shape index (κ1) is 15.5. The largest absolute Gasteiger partial charge is 0.296 e. The van der Waals surface area contributed by atoms with Crippen molar-refractivity contribution in [1.82, 2.24) is 14.9 Å². The molecule has 6 nitrogen and oxygen atoms in total. The summed E-state index contributed by atoms with van der Waals surface area (Å²) in [6.07, 6.45) is 5.74. The highest BCUT2D eigenvalue weighted by Crippen LogP contribution is 2.46. The summed E-state index contributed by atoms with van der Waals surface area (Å²) in [5, 5.41) is 0. The number of nitrogens with zero attached hydrogens (tertiary/aromatic N) is 4. The molecule has 0 aromatic carbocycles. The van der Waals surface area contributed by atoms with E-state index in [4.69, 9.17) is 0 Å². The van der Waals surface area contributed by atoms with E-state index in [0.717, 1.165) is 43.1 Å². The van der Waals surface area contributed by atoms with Crippen LogP contribution >= 0.6 is 0 Å². The number of aromatic nitrogens is 2. The first-order valence-corrected chi connectivity index (χ1v) is 9.88. The summed E-state index contributed by atoms with van der Waals surface area (Å²) >= 11 is 0. The van der Waals surface area contributed by atoms with E-state index in [-0.39, 0.29) is 5.41 Å². The summed E-state index contributed by atoms with van der Waals surface area (Å²) in [7, 11) is -3.29. The van der Waals surface area contributed by atoms with Crippen LogP contribution in [0.2, 0.25) is 0 Å². The van der Waals surface area contributed by atoms with Crippen molar-refractivity contribution in [3.8, 4) is 0 Å². The fourth-order valence-corrected chi connectivity index (χ4v) is 4.86. The van der Waals surface area contributed by atoms with Crippen molar-refractivity contribution in [2.24, 2.45) is 0 Å². The quantitative estimate of drug-likeness (QED) is 0.842. The molecule has 0 bridgehead atoms. The molecule has 1 fully saturated rings. The maximum Gasteiger partial charge on any atom is 0.232 e. The highest BCUT2D eigenvalue weighted by atomic mass is 32.2. The van der Waals surface area contributed by atoms with Gasteiger partial charge in [-0.2, -0.15) is 0 Å². The second-order valence-electron chi connectivity index (χ2n) is 6.70. The lowest BCUT2D eigenvalue weighted by atomic mass is 9.85. The lowest BCUT2D eigenvalue weighted by molar-refractivity contribution is 0.303. The van der Waals surface area contributed by atoms with E-state index in [1.165, 1.54) is 10.6 Å². The molecule has 24 heavy (non-hydrogen) atoms. The lowest BCUT2D eigenvalue weighted by Crippen LogP contribution is -2.38. The molecule has 4 rings (SSSR count). The molecule has 0 N–H and O–H groups in total. The Balaban J connectivity index is 1.63. The summed E-state index contributed by atoms with van der Waals surface area (Å²) in [5.74, 6) is 0. The standard InChI is InChI=1S/C17H20N4O2S/c1-24(22,23)21-13-17(16-15(21)6-4-9-19-16)7-10-20(12-17)11-14-5-2-3-8-18-14/h2-6,8-9H,7,10-13H2,1H3/t17-/m0/s1. The van der Waals surface area contributed by atoms with Gasteiger partial charge in [0.1, 0.15) is 0 Å². The Kier molecular flexibility index (Phi) is 3.58. The van der Waals surface area contributed by atoms with E-state index in [2.05, 4.69) is 14.9 Å².